The molecule has 0 amide bonds. The summed E-state index contributed by atoms with van der Waals surface area (Å²) in [4.78, 5) is -0.177. The van der Waals surface area contributed by atoms with E-state index < -0.39 is 47.3 Å². The lowest BCUT2D eigenvalue weighted by molar-refractivity contribution is -0.253. The van der Waals surface area contributed by atoms with Crippen molar-refractivity contribution in [2.45, 2.75) is 35.5 Å². The zero-order valence-electron chi connectivity index (χ0n) is 19.1. The van der Waals surface area contributed by atoms with E-state index >= 15 is 0 Å². The highest BCUT2D eigenvalue weighted by molar-refractivity contribution is 7.89. The van der Waals surface area contributed by atoms with Gasteiger partial charge in [-0.1, -0.05) is 30.3 Å². The van der Waals surface area contributed by atoms with Crippen molar-refractivity contribution in [3.63, 3.8) is 0 Å². The highest BCUT2D eigenvalue weighted by Crippen LogP contribution is 2.29. The Kier molecular flexibility index (Phi) is 8.07. The molecule has 1 aliphatic heterocycles. The molecular formula is C24H28N2O9S. The minimum absolute atomic E-state index is 0.136. The molecule has 0 spiro atoms. The summed E-state index contributed by atoms with van der Waals surface area (Å²) in [5.41, 5.74) is 2.17. The number of nitrogens with zero attached hydrogens (tertiary/aromatic N) is 1. The fourth-order valence-corrected chi connectivity index (χ4v) is 5.57. The van der Waals surface area contributed by atoms with E-state index in [0.717, 1.165) is 15.1 Å². The summed E-state index contributed by atoms with van der Waals surface area (Å²) in [5.74, 6) is 0.498. The van der Waals surface area contributed by atoms with Gasteiger partial charge in [-0.3, -0.25) is 10.7 Å². The number of hydrogen-bond donors (Lipinski definition) is 6. The highest BCUT2D eigenvalue weighted by Gasteiger charge is 2.48. The number of anilines is 1. The Morgan fingerprint density at radius 2 is 1.61 bits per heavy atom. The Hall–Kier alpha value is -2.81. The van der Waals surface area contributed by atoms with E-state index in [4.69, 9.17) is 14.7 Å². The first-order chi connectivity index (χ1) is 17.3. The molecule has 5 atom stereocenters. The molecular weight excluding hydrogens is 492 g/mol. The van der Waals surface area contributed by atoms with Crippen LogP contribution in [0, 0.1) is 0 Å². The first-order valence-corrected chi connectivity index (χ1v) is 12.6. The molecule has 1 saturated heterocycles. The molecule has 0 aliphatic carbocycles. The lowest BCUT2D eigenvalue weighted by Crippen LogP contribution is -2.64. The number of rotatable bonds is 9. The molecule has 0 radical (unpaired) electrons. The van der Waals surface area contributed by atoms with Gasteiger partial charge in [0.15, 0.2) is 6.23 Å². The van der Waals surface area contributed by atoms with Gasteiger partial charge in [-0.25, -0.2) is 8.42 Å². The smallest absolute Gasteiger partial charge is 0.245 e. The number of benzene rings is 3. The quantitative estimate of drug-likeness (QED) is 0.219. The maximum absolute atomic E-state index is 13.6. The summed E-state index contributed by atoms with van der Waals surface area (Å²) in [6.07, 6.45) is -8.14. The van der Waals surface area contributed by atoms with Crippen molar-refractivity contribution in [3.8, 4) is 5.75 Å². The Labute approximate surface area is 207 Å². The second-order valence-electron chi connectivity index (χ2n) is 8.33. The first kappa shape index (κ1) is 26.3. The number of aliphatic hydroxyl groups excluding tert-OH is 4. The van der Waals surface area contributed by atoms with Crippen molar-refractivity contribution in [3.05, 3.63) is 66.7 Å². The van der Waals surface area contributed by atoms with E-state index in [2.05, 4.69) is 0 Å². The molecule has 1 fully saturated rings. The van der Waals surface area contributed by atoms with Crippen molar-refractivity contribution >= 4 is 26.5 Å². The minimum Gasteiger partial charge on any atom is -0.492 e. The number of ether oxygens (including phenoxy) is 2. The van der Waals surface area contributed by atoms with Crippen molar-refractivity contribution in [2.24, 2.45) is 0 Å². The van der Waals surface area contributed by atoms with E-state index in [1.807, 2.05) is 41.9 Å². The summed E-state index contributed by atoms with van der Waals surface area (Å²) in [6, 6.07) is 18.2. The molecule has 3 aromatic rings. The van der Waals surface area contributed by atoms with Crippen molar-refractivity contribution < 1.29 is 43.5 Å². The third-order valence-corrected chi connectivity index (χ3v) is 7.92. The lowest BCUT2D eigenvalue weighted by atomic mass is 9.98. The number of hydrogen-bond acceptors (Lipinski definition) is 10. The molecule has 6 N–H and O–H groups in total. The molecule has 1 heterocycles. The van der Waals surface area contributed by atoms with Gasteiger partial charge in [0.1, 0.15) is 36.8 Å². The molecule has 0 saturated carbocycles. The van der Waals surface area contributed by atoms with Crippen LogP contribution in [0.5, 0.6) is 5.75 Å². The van der Waals surface area contributed by atoms with Gasteiger partial charge in [0, 0.05) is 0 Å². The van der Waals surface area contributed by atoms with Crippen LogP contribution < -0.4 is 10.2 Å². The molecule has 36 heavy (non-hydrogen) atoms. The zero-order chi connectivity index (χ0) is 25.9. The monoisotopic (exact) mass is 520 g/mol. The predicted octanol–water partition coefficient (Wildman–Crippen LogP) is 0.510. The third-order valence-electron chi connectivity index (χ3n) is 6.04. The Bertz CT molecular complexity index is 1270. The second-order valence-corrected chi connectivity index (χ2v) is 10.2. The summed E-state index contributed by atoms with van der Waals surface area (Å²) in [5, 5.41) is 51.5. The van der Waals surface area contributed by atoms with Crippen LogP contribution in [0.2, 0.25) is 0 Å². The molecule has 3 aromatic carbocycles. The van der Waals surface area contributed by atoms with E-state index in [9.17, 15) is 28.8 Å². The molecule has 1 aliphatic rings. The SMILES string of the molecule is O=S(=O)(c1ccc(NO)cc1)N(CCOc1ccc2ccccc2c1)[C@@H]1O[C@H](CO)[C@@H](O)[C@H](O)[C@H]1O. The maximum atomic E-state index is 13.6. The summed E-state index contributed by atoms with van der Waals surface area (Å²) >= 11 is 0. The van der Waals surface area contributed by atoms with Crippen LogP contribution in [-0.2, 0) is 14.8 Å². The molecule has 0 unspecified atom stereocenters. The van der Waals surface area contributed by atoms with Crippen LogP contribution in [0.25, 0.3) is 10.8 Å². The Morgan fingerprint density at radius 3 is 2.28 bits per heavy atom. The van der Waals surface area contributed by atoms with Gasteiger partial charge >= 0.3 is 0 Å². The van der Waals surface area contributed by atoms with Crippen molar-refractivity contribution in [1.29, 1.82) is 0 Å². The molecule has 4 rings (SSSR count). The van der Waals surface area contributed by atoms with Gasteiger partial charge in [-0.2, -0.15) is 4.31 Å². The molecule has 12 heteroatoms. The molecule has 11 nitrogen and oxygen atoms in total. The normalized spacial score (nSPS) is 24.7. The van der Waals surface area contributed by atoms with Crippen LogP contribution in [0.4, 0.5) is 5.69 Å². The van der Waals surface area contributed by atoms with Gasteiger partial charge in [0.05, 0.1) is 23.7 Å². The van der Waals surface area contributed by atoms with Gasteiger partial charge < -0.3 is 29.9 Å². The average Bonchev–Trinajstić information content (AvgIpc) is 2.90. The Morgan fingerprint density at radius 1 is 0.917 bits per heavy atom. The van der Waals surface area contributed by atoms with E-state index in [-0.39, 0.29) is 23.7 Å². The minimum atomic E-state index is -4.34. The average molecular weight is 521 g/mol. The first-order valence-electron chi connectivity index (χ1n) is 11.2. The van der Waals surface area contributed by atoms with Gasteiger partial charge in [0.2, 0.25) is 10.0 Å². The van der Waals surface area contributed by atoms with Crippen LogP contribution in [0.1, 0.15) is 0 Å². The predicted molar refractivity (Wildman–Crippen MR) is 129 cm³/mol. The van der Waals surface area contributed by atoms with Crippen molar-refractivity contribution in [2.75, 3.05) is 25.2 Å². The van der Waals surface area contributed by atoms with E-state index in [1.165, 1.54) is 24.3 Å². The fraction of sp³-hybridized carbons (Fsp3) is 0.333. The number of nitrogens with one attached hydrogen (secondary N) is 1. The summed E-state index contributed by atoms with van der Waals surface area (Å²) in [6.45, 7) is -1.14. The van der Waals surface area contributed by atoms with E-state index in [0.29, 0.717) is 5.75 Å². The Balaban J connectivity index is 1.61. The fourth-order valence-electron chi connectivity index (χ4n) is 4.05. The lowest BCUT2D eigenvalue weighted by Gasteiger charge is -2.43. The molecule has 0 bridgehead atoms. The van der Waals surface area contributed by atoms with Crippen LogP contribution in [0.15, 0.2) is 71.6 Å². The highest BCUT2D eigenvalue weighted by atomic mass is 32.2. The van der Waals surface area contributed by atoms with Gasteiger partial charge in [-0.15, -0.1) is 0 Å². The van der Waals surface area contributed by atoms with Crippen molar-refractivity contribution in [1.82, 2.24) is 4.31 Å². The third kappa shape index (κ3) is 5.31. The van der Waals surface area contributed by atoms with E-state index in [1.54, 1.807) is 6.07 Å². The summed E-state index contributed by atoms with van der Waals surface area (Å²) in [7, 11) is -4.34. The standard InChI is InChI=1S/C24H28N2O9S/c27-14-20-21(28)22(29)23(30)24(35-20)26(36(32,33)19-9-6-17(25-31)7-10-19)11-12-34-18-8-5-15-3-1-2-4-16(15)13-18/h1-10,13,20-25,27-31H,11-12,14H2/t20-,21-,22+,23-,24-/m1/s1. The summed E-state index contributed by atoms with van der Waals surface area (Å²) < 4.78 is 39.3. The number of fused-ring (bicyclic) bond motifs is 1. The number of sulfonamides is 1. The van der Waals surface area contributed by atoms with Crippen LogP contribution in [-0.4, -0.2) is 88.8 Å². The van der Waals surface area contributed by atoms with Crippen LogP contribution >= 0.6 is 0 Å². The van der Waals surface area contributed by atoms with Gasteiger partial charge in [-0.05, 0) is 47.2 Å². The van der Waals surface area contributed by atoms with Gasteiger partial charge in [0.25, 0.3) is 0 Å². The largest absolute Gasteiger partial charge is 0.492 e. The zero-order valence-corrected chi connectivity index (χ0v) is 19.9. The topological polar surface area (TPSA) is 169 Å². The number of aliphatic hydroxyl groups is 4. The molecule has 0 aromatic heterocycles. The molecule has 194 valence electrons. The maximum Gasteiger partial charge on any atom is 0.245 e. The van der Waals surface area contributed by atoms with Crippen LogP contribution in [0.3, 0.4) is 0 Å². The second kappa shape index (κ2) is 11.1.